The molecule has 80 valence electrons. The Labute approximate surface area is 83.0 Å². The molecule has 0 spiro atoms. The first-order chi connectivity index (χ1) is 6.47. The van der Waals surface area contributed by atoms with Crippen molar-refractivity contribution in [3.05, 3.63) is 12.2 Å². The zero-order valence-electron chi connectivity index (χ0n) is 8.19. The van der Waals surface area contributed by atoms with Crippen molar-refractivity contribution in [1.29, 1.82) is 0 Å². The molecule has 2 N–H and O–H groups in total. The number of aromatic nitrogens is 3. The Morgan fingerprint density at radius 2 is 2.36 bits per heavy atom. The predicted molar refractivity (Wildman–Crippen MR) is 52.4 cm³/mol. The van der Waals surface area contributed by atoms with Crippen molar-refractivity contribution < 1.29 is 8.42 Å². The van der Waals surface area contributed by atoms with Gasteiger partial charge in [0.1, 0.15) is 22.0 Å². The van der Waals surface area contributed by atoms with Gasteiger partial charge in [0.2, 0.25) is 0 Å². The zero-order chi connectivity index (χ0) is 10.6. The molecule has 1 rings (SSSR count). The van der Waals surface area contributed by atoms with E-state index in [1.165, 1.54) is 12.6 Å². The summed E-state index contributed by atoms with van der Waals surface area (Å²) < 4.78 is 21.9. The Balaban J connectivity index is 2.32. The molecule has 1 heterocycles. The van der Waals surface area contributed by atoms with E-state index in [1.54, 1.807) is 0 Å². The van der Waals surface area contributed by atoms with E-state index in [9.17, 15) is 8.42 Å². The van der Waals surface area contributed by atoms with Crippen LogP contribution in [0.1, 0.15) is 12.7 Å². The Kier molecular flexibility index (Phi) is 3.59. The largest absolute Gasteiger partial charge is 0.306 e. The van der Waals surface area contributed by atoms with Gasteiger partial charge in [0.15, 0.2) is 0 Å². The summed E-state index contributed by atoms with van der Waals surface area (Å²) in [7, 11) is -2.92. The molecule has 14 heavy (non-hydrogen) atoms. The normalized spacial score (nSPS) is 14.1. The molecular weight excluding hydrogens is 204 g/mol. The van der Waals surface area contributed by atoms with Crippen LogP contribution in [0.5, 0.6) is 0 Å². The summed E-state index contributed by atoms with van der Waals surface area (Å²) in [5, 5.41) is 9.39. The summed E-state index contributed by atoms with van der Waals surface area (Å²) in [6, 6.07) is -0.0879. The van der Waals surface area contributed by atoms with E-state index in [0.29, 0.717) is 12.4 Å². The van der Waals surface area contributed by atoms with E-state index < -0.39 is 9.84 Å². The molecule has 6 nitrogen and oxygen atoms in total. The van der Waals surface area contributed by atoms with E-state index >= 15 is 0 Å². The monoisotopic (exact) mass is 218 g/mol. The third-order valence-corrected chi connectivity index (χ3v) is 2.74. The highest BCUT2D eigenvalue weighted by molar-refractivity contribution is 7.90. The number of hydrogen-bond acceptors (Lipinski definition) is 5. The van der Waals surface area contributed by atoms with Gasteiger partial charge in [0.25, 0.3) is 0 Å². The van der Waals surface area contributed by atoms with Gasteiger partial charge in [0, 0.05) is 12.3 Å². The molecule has 0 aromatic carbocycles. The Hall–Kier alpha value is -0.950. The second-order valence-corrected chi connectivity index (χ2v) is 5.49. The van der Waals surface area contributed by atoms with Crippen molar-refractivity contribution >= 4 is 9.84 Å². The van der Waals surface area contributed by atoms with Crippen molar-refractivity contribution in [2.45, 2.75) is 19.5 Å². The summed E-state index contributed by atoms with van der Waals surface area (Å²) >= 11 is 0. The Morgan fingerprint density at radius 1 is 1.64 bits per heavy atom. The minimum Gasteiger partial charge on any atom is -0.306 e. The molecule has 0 fully saturated rings. The van der Waals surface area contributed by atoms with Gasteiger partial charge in [-0.05, 0) is 6.92 Å². The molecule has 1 unspecified atom stereocenters. The average molecular weight is 218 g/mol. The minimum absolute atomic E-state index is 0.0879. The molecule has 0 bridgehead atoms. The maximum absolute atomic E-state index is 10.9. The van der Waals surface area contributed by atoms with E-state index in [-0.39, 0.29) is 11.8 Å². The topological polar surface area (TPSA) is 87.7 Å². The van der Waals surface area contributed by atoms with Crippen LogP contribution in [0.4, 0.5) is 0 Å². The van der Waals surface area contributed by atoms with E-state index in [4.69, 9.17) is 0 Å². The van der Waals surface area contributed by atoms with Crippen molar-refractivity contribution in [2.75, 3.05) is 12.0 Å². The molecule has 0 aliphatic heterocycles. The van der Waals surface area contributed by atoms with Gasteiger partial charge in [-0.25, -0.2) is 13.4 Å². The number of aromatic amines is 1. The van der Waals surface area contributed by atoms with Crippen molar-refractivity contribution in [2.24, 2.45) is 0 Å². The number of nitrogens with zero attached hydrogens (tertiary/aromatic N) is 2. The fourth-order valence-corrected chi connectivity index (χ4v) is 2.13. The zero-order valence-corrected chi connectivity index (χ0v) is 9.00. The highest BCUT2D eigenvalue weighted by Gasteiger charge is 2.09. The van der Waals surface area contributed by atoms with Gasteiger partial charge in [0.05, 0.1) is 12.3 Å². The molecule has 1 aromatic rings. The number of nitrogens with one attached hydrogen (secondary N) is 2. The van der Waals surface area contributed by atoms with Gasteiger partial charge in [-0.15, -0.1) is 0 Å². The first-order valence-electron chi connectivity index (χ1n) is 4.23. The first-order valence-corrected chi connectivity index (χ1v) is 6.29. The van der Waals surface area contributed by atoms with Crippen LogP contribution < -0.4 is 5.32 Å². The second kappa shape index (κ2) is 4.52. The smallest absolute Gasteiger partial charge is 0.148 e. The molecule has 1 atom stereocenters. The van der Waals surface area contributed by atoms with Crippen molar-refractivity contribution in [3.63, 3.8) is 0 Å². The third kappa shape index (κ3) is 4.33. The average Bonchev–Trinajstić information content (AvgIpc) is 2.49. The summed E-state index contributed by atoms with van der Waals surface area (Å²) in [5.41, 5.74) is 0. The lowest BCUT2D eigenvalue weighted by molar-refractivity contribution is 0.552. The van der Waals surface area contributed by atoms with Gasteiger partial charge in [-0.1, -0.05) is 0 Å². The van der Waals surface area contributed by atoms with Crippen LogP contribution >= 0.6 is 0 Å². The molecule has 0 aliphatic rings. The van der Waals surface area contributed by atoms with Gasteiger partial charge >= 0.3 is 0 Å². The van der Waals surface area contributed by atoms with Crippen LogP contribution in [0.15, 0.2) is 6.33 Å². The standard InChI is InChI=1S/C7H14N4O2S/c1-6(4-14(2,12)13)8-3-7-9-5-10-11-7/h5-6,8H,3-4H2,1-2H3,(H,9,10,11). The summed E-state index contributed by atoms with van der Waals surface area (Å²) in [6.07, 6.45) is 2.64. The fourth-order valence-electron chi connectivity index (χ4n) is 1.10. The molecule has 0 radical (unpaired) electrons. The molecule has 1 aromatic heterocycles. The van der Waals surface area contributed by atoms with E-state index in [2.05, 4.69) is 20.5 Å². The van der Waals surface area contributed by atoms with Crippen LogP contribution in [-0.4, -0.2) is 41.6 Å². The number of rotatable bonds is 5. The molecule has 0 saturated heterocycles. The lowest BCUT2D eigenvalue weighted by atomic mass is 10.4. The maximum Gasteiger partial charge on any atom is 0.148 e. The number of hydrogen-bond donors (Lipinski definition) is 2. The van der Waals surface area contributed by atoms with E-state index in [0.717, 1.165) is 0 Å². The van der Waals surface area contributed by atoms with Crippen LogP contribution in [0.2, 0.25) is 0 Å². The quantitative estimate of drug-likeness (QED) is 0.684. The maximum atomic E-state index is 10.9. The second-order valence-electron chi connectivity index (χ2n) is 3.31. The highest BCUT2D eigenvalue weighted by atomic mass is 32.2. The van der Waals surface area contributed by atoms with Crippen molar-refractivity contribution in [1.82, 2.24) is 20.5 Å². The predicted octanol–water partition coefficient (Wildman–Crippen LogP) is -0.673. The molecule has 7 heteroatoms. The summed E-state index contributed by atoms with van der Waals surface area (Å²) in [4.78, 5) is 3.91. The van der Waals surface area contributed by atoms with Gasteiger partial charge < -0.3 is 5.32 Å². The SMILES string of the molecule is CC(CS(C)(=O)=O)NCc1ncn[nH]1. The van der Waals surface area contributed by atoms with Gasteiger partial charge in [-0.2, -0.15) is 5.10 Å². The lowest BCUT2D eigenvalue weighted by Gasteiger charge is -2.10. The third-order valence-electron chi connectivity index (χ3n) is 1.64. The van der Waals surface area contributed by atoms with Crippen molar-refractivity contribution in [3.8, 4) is 0 Å². The molecular formula is C7H14N4O2S. The Bertz CT molecular complexity index is 359. The highest BCUT2D eigenvalue weighted by Crippen LogP contribution is 1.92. The minimum atomic E-state index is -2.92. The molecule has 0 amide bonds. The van der Waals surface area contributed by atoms with Crippen LogP contribution in [-0.2, 0) is 16.4 Å². The first kappa shape index (κ1) is 11.1. The van der Waals surface area contributed by atoms with E-state index in [1.807, 2.05) is 6.92 Å². The van der Waals surface area contributed by atoms with Gasteiger partial charge in [-0.3, -0.25) is 5.10 Å². The lowest BCUT2D eigenvalue weighted by Crippen LogP contribution is -2.32. The van der Waals surface area contributed by atoms with Crippen LogP contribution in [0, 0.1) is 0 Å². The fraction of sp³-hybridized carbons (Fsp3) is 0.714. The summed E-state index contributed by atoms with van der Waals surface area (Å²) in [5.74, 6) is 0.826. The van der Waals surface area contributed by atoms with Crippen LogP contribution in [0.3, 0.4) is 0 Å². The number of H-pyrrole nitrogens is 1. The van der Waals surface area contributed by atoms with Crippen LogP contribution in [0.25, 0.3) is 0 Å². The molecule has 0 aliphatic carbocycles. The number of sulfone groups is 1. The summed E-state index contributed by atoms with van der Waals surface area (Å²) in [6.45, 7) is 2.31. The Morgan fingerprint density at radius 3 is 2.86 bits per heavy atom. The molecule has 0 saturated carbocycles.